The Morgan fingerprint density at radius 2 is 1.23 bits per heavy atom. The molecule has 1 aliphatic rings. The van der Waals surface area contributed by atoms with E-state index in [1.807, 2.05) is 36.4 Å². The zero-order valence-electron chi connectivity index (χ0n) is 19.4. The zero-order chi connectivity index (χ0) is 22.9. The van der Waals surface area contributed by atoms with Crippen LogP contribution >= 0.6 is 0 Å². The van der Waals surface area contributed by atoms with Crippen LogP contribution in [0.25, 0.3) is 11.1 Å². The molecule has 0 bridgehead atoms. The van der Waals surface area contributed by atoms with Gasteiger partial charge in [0.15, 0.2) is 0 Å². The van der Waals surface area contributed by atoms with Crippen molar-refractivity contribution in [3.63, 3.8) is 0 Å². The quantitative estimate of drug-likeness (QED) is 0.209. The molecule has 0 spiro atoms. The Bertz CT molecular complexity index is 1370. The van der Waals surface area contributed by atoms with Crippen molar-refractivity contribution in [3.8, 4) is 11.1 Å². The number of carbonyl (C=O) groups is 2. The first-order valence-corrected chi connectivity index (χ1v) is 13.5. The van der Waals surface area contributed by atoms with Crippen LogP contribution in [0.3, 0.4) is 0 Å². The molecule has 2 nitrogen and oxygen atoms in total. The molecule has 0 aromatic heterocycles. The Labute approximate surface area is 229 Å². The number of Topliss-reactive ketones (excluding diaryl/α,β-unsaturated/α-hetero) is 2. The maximum absolute atomic E-state index is 13.6. The minimum atomic E-state index is -1.71. The first-order valence-electron chi connectivity index (χ1n) is 11.1. The fourth-order valence-electron chi connectivity index (χ4n) is 4.51. The van der Waals surface area contributed by atoms with Crippen LogP contribution < -0.4 is 28.1 Å². The van der Waals surface area contributed by atoms with E-state index in [0.717, 1.165) is 6.42 Å². The predicted octanol–water partition coefficient (Wildman–Crippen LogP) is -0.471. The van der Waals surface area contributed by atoms with Gasteiger partial charge in [0, 0.05) is 0 Å². The second-order valence-corrected chi connectivity index (χ2v) is 11.6. The normalized spacial score (nSPS) is 10.7. The molecule has 0 N–H and O–H groups in total. The van der Waals surface area contributed by atoms with Gasteiger partial charge in [0.1, 0.15) is 0 Å². The number of fused-ring (bicyclic) bond motifs is 3. The first-order chi connectivity index (χ1) is 16.0. The van der Waals surface area contributed by atoms with Gasteiger partial charge in [-0.1, -0.05) is 0 Å². The summed E-state index contributed by atoms with van der Waals surface area (Å²) in [6.45, 7) is 4.23. The third-order valence-corrected chi connectivity index (χ3v) is 10.3. The second kappa shape index (κ2) is 11.5. The summed E-state index contributed by atoms with van der Waals surface area (Å²) in [4.78, 5) is 27.2. The second-order valence-electron chi connectivity index (χ2n) is 8.51. The maximum atomic E-state index is 13.6. The van der Waals surface area contributed by atoms with Crippen LogP contribution in [0.4, 0.5) is 0 Å². The van der Waals surface area contributed by atoms with Gasteiger partial charge < -0.3 is 24.8 Å². The molecular weight excluding hydrogens is 554 g/mol. The molecule has 1 aliphatic carbocycles. The van der Waals surface area contributed by atoms with Gasteiger partial charge in [-0.25, -0.2) is 0 Å². The van der Waals surface area contributed by atoms with Gasteiger partial charge in [0.05, 0.1) is 0 Å². The fraction of sp³-hybridized carbons (Fsp3) is 0.100. The Hall–Kier alpha value is -2.45. The van der Waals surface area contributed by atoms with Gasteiger partial charge in [-0.15, -0.1) is 0 Å². The third-order valence-electron chi connectivity index (χ3n) is 6.22. The molecule has 0 radical (unpaired) electrons. The Morgan fingerprint density at radius 1 is 0.686 bits per heavy atom. The SMILES string of the molecule is Cc1ccc2c(c1)Cc1c-2ccc(C)[c]1[Zr+2]=[C](C(=O)c1ccccc1)C(=O)c1ccccc1.[Cl-].[Cl-]. The van der Waals surface area contributed by atoms with Gasteiger partial charge in [-0.05, 0) is 0 Å². The summed E-state index contributed by atoms with van der Waals surface area (Å²) < 4.78 is 1.74. The van der Waals surface area contributed by atoms with Gasteiger partial charge >= 0.3 is 206 Å². The van der Waals surface area contributed by atoms with Crippen molar-refractivity contribution in [2.45, 2.75) is 20.3 Å². The molecule has 0 unspecified atom stereocenters. The molecule has 4 aromatic rings. The van der Waals surface area contributed by atoms with E-state index in [4.69, 9.17) is 0 Å². The number of hydrogen-bond donors (Lipinski definition) is 0. The minimum absolute atomic E-state index is 0. The minimum Gasteiger partial charge on any atom is -1.00 e. The molecular formula is C30H23Cl2O2Zr. The summed E-state index contributed by atoms with van der Waals surface area (Å²) in [5.74, 6) is -0.251. The molecule has 35 heavy (non-hydrogen) atoms. The van der Waals surface area contributed by atoms with Crippen molar-refractivity contribution >= 4 is 18.0 Å². The largest absolute Gasteiger partial charge is 1.00 e. The summed E-state index contributed by atoms with van der Waals surface area (Å²) in [7, 11) is 0. The van der Waals surface area contributed by atoms with Crippen LogP contribution in [0.2, 0.25) is 0 Å². The average molecular weight is 578 g/mol. The molecule has 0 aliphatic heterocycles. The molecule has 5 heteroatoms. The summed E-state index contributed by atoms with van der Waals surface area (Å²) >= 11 is -1.71. The molecule has 173 valence electrons. The van der Waals surface area contributed by atoms with Gasteiger partial charge in [0.2, 0.25) is 0 Å². The van der Waals surface area contributed by atoms with Crippen molar-refractivity contribution in [2.75, 3.05) is 0 Å². The molecule has 5 rings (SSSR count). The monoisotopic (exact) mass is 575 g/mol. The van der Waals surface area contributed by atoms with Crippen LogP contribution in [0.1, 0.15) is 43.0 Å². The van der Waals surface area contributed by atoms with Gasteiger partial charge in [-0.2, -0.15) is 0 Å². The van der Waals surface area contributed by atoms with Gasteiger partial charge in [-0.3, -0.25) is 0 Å². The third kappa shape index (κ3) is 5.38. The van der Waals surface area contributed by atoms with E-state index >= 15 is 0 Å². The maximum Gasteiger partial charge on any atom is -1.00 e. The zero-order valence-corrected chi connectivity index (χ0v) is 23.4. The van der Waals surface area contributed by atoms with Crippen molar-refractivity contribution in [1.82, 2.24) is 0 Å². The fourth-order valence-corrected chi connectivity index (χ4v) is 8.00. The van der Waals surface area contributed by atoms with Crippen molar-refractivity contribution in [3.05, 3.63) is 124 Å². The number of hydrogen-bond acceptors (Lipinski definition) is 2. The van der Waals surface area contributed by atoms with Crippen LogP contribution in [0.15, 0.2) is 91.0 Å². The van der Waals surface area contributed by atoms with Gasteiger partial charge in [0.25, 0.3) is 0 Å². The number of aryl methyl sites for hydroxylation is 2. The number of benzene rings is 4. The average Bonchev–Trinajstić information content (AvgIpc) is 3.21. The van der Waals surface area contributed by atoms with Crippen LogP contribution in [0, 0.1) is 13.8 Å². The van der Waals surface area contributed by atoms with Crippen molar-refractivity contribution in [1.29, 1.82) is 0 Å². The van der Waals surface area contributed by atoms with Crippen molar-refractivity contribution in [2.24, 2.45) is 0 Å². The topological polar surface area (TPSA) is 34.1 Å². The van der Waals surface area contributed by atoms with E-state index in [-0.39, 0.29) is 36.4 Å². The van der Waals surface area contributed by atoms with Crippen LogP contribution in [-0.4, -0.2) is 14.8 Å². The van der Waals surface area contributed by atoms with Crippen LogP contribution in [-0.2, 0) is 29.2 Å². The van der Waals surface area contributed by atoms with Crippen molar-refractivity contribution < 1.29 is 57.2 Å². The Balaban J connectivity index is 0.00000171. The van der Waals surface area contributed by atoms with E-state index in [0.29, 0.717) is 14.3 Å². The molecule has 0 atom stereocenters. The summed E-state index contributed by atoms with van der Waals surface area (Å²) in [6, 6.07) is 29.4. The molecule has 4 aromatic carbocycles. The Kier molecular flexibility index (Phi) is 8.94. The molecule has 0 saturated carbocycles. The number of carbonyl (C=O) groups excluding carboxylic acids is 2. The Morgan fingerprint density at radius 3 is 1.80 bits per heavy atom. The van der Waals surface area contributed by atoms with E-state index < -0.39 is 22.8 Å². The molecule has 0 amide bonds. The van der Waals surface area contributed by atoms with Crippen LogP contribution in [0.5, 0.6) is 0 Å². The van der Waals surface area contributed by atoms with E-state index in [2.05, 4.69) is 44.2 Å². The molecule has 0 saturated heterocycles. The van der Waals surface area contributed by atoms with E-state index in [1.165, 1.54) is 36.7 Å². The molecule has 0 heterocycles. The first kappa shape index (κ1) is 27.1. The predicted molar refractivity (Wildman–Crippen MR) is 130 cm³/mol. The summed E-state index contributed by atoms with van der Waals surface area (Å²) in [6.07, 6.45) is 0.872. The number of halogens is 2. The smallest absolute Gasteiger partial charge is 1.00 e. The molecule has 0 fully saturated rings. The van der Waals surface area contributed by atoms with E-state index in [1.54, 1.807) is 24.3 Å². The number of ketones is 2. The summed E-state index contributed by atoms with van der Waals surface area (Å²) in [5.41, 5.74) is 8.79. The van der Waals surface area contributed by atoms with E-state index in [9.17, 15) is 9.59 Å². The standard InChI is InChI=1S/C15H10O2.C15H13.2ClH.Zr/c16-14(12-7-3-1-4-8-12)11-15(17)13-9-5-2-6-10-13;1-10-3-5-14-12(7-10)9-13-8-11(2)4-6-15(13)14;;;/h1-10H;3-7H,9H2,1-2H3;2*1H;/q;;;;+2/p-2. The summed E-state index contributed by atoms with van der Waals surface area (Å²) in [5, 5.41) is 0. The number of rotatable bonds is 5.